The first kappa shape index (κ1) is 15.7. The number of anilines is 1. The average Bonchev–Trinajstić information content (AvgIpc) is 2.97. The van der Waals surface area contributed by atoms with E-state index in [2.05, 4.69) is 40.1 Å². The molecule has 2 rings (SSSR count). The zero-order valence-corrected chi connectivity index (χ0v) is 14.2. The minimum absolute atomic E-state index is 0.0272. The molecule has 1 aliphatic carbocycles. The maximum atomic E-state index is 5.51. The fourth-order valence-corrected chi connectivity index (χ4v) is 3.48. The van der Waals surface area contributed by atoms with Gasteiger partial charge >= 0.3 is 0 Å². The van der Waals surface area contributed by atoms with Crippen molar-refractivity contribution >= 4 is 21.7 Å². The number of hydrogen-bond donors (Lipinski definition) is 1. The quantitative estimate of drug-likeness (QED) is 0.831. The SMILES string of the molecule is CCNc1nc(C(CC)OC)nc(C2CCCC2)c1Br. The molecule has 1 aliphatic rings. The van der Waals surface area contributed by atoms with Crippen LogP contribution in [0.5, 0.6) is 0 Å². The van der Waals surface area contributed by atoms with Gasteiger partial charge in [0, 0.05) is 19.6 Å². The maximum Gasteiger partial charge on any atom is 0.159 e. The molecule has 20 heavy (non-hydrogen) atoms. The zero-order chi connectivity index (χ0) is 14.5. The highest BCUT2D eigenvalue weighted by Gasteiger charge is 2.25. The monoisotopic (exact) mass is 341 g/mol. The predicted octanol–water partition coefficient (Wildman–Crippen LogP) is 4.43. The number of halogens is 1. The number of ether oxygens (including phenoxy) is 1. The van der Waals surface area contributed by atoms with E-state index < -0.39 is 0 Å². The summed E-state index contributed by atoms with van der Waals surface area (Å²) in [5, 5.41) is 3.33. The molecule has 0 aliphatic heterocycles. The summed E-state index contributed by atoms with van der Waals surface area (Å²) in [7, 11) is 1.72. The second-order valence-corrected chi connectivity index (χ2v) is 6.07. The number of nitrogens with zero attached hydrogens (tertiary/aromatic N) is 2. The molecular formula is C15H24BrN3O. The lowest BCUT2D eigenvalue weighted by Gasteiger charge is -2.19. The molecule has 1 heterocycles. The van der Waals surface area contributed by atoms with E-state index in [4.69, 9.17) is 9.72 Å². The van der Waals surface area contributed by atoms with Crippen molar-refractivity contribution in [3.63, 3.8) is 0 Å². The van der Waals surface area contributed by atoms with E-state index in [1.165, 1.54) is 25.7 Å². The summed E-state index contributed by atoms with van der Waals surface area (Å²) in [4.78, 5) is 9.46. The van der Waals surface area contributed by atoms with Crippen LogP contribution in [-0.4, -0.2) is 23.6 Å². The summed E-state index contributed by atoms with van der Waals surface area (Å²) in [6.07, 6.45) is 5.91. The van der Waals surface area contributed by atoms with Crippen molar-refractivity contribution < 1.29 is 4.74 Å². The van der Waals surface area contributed by atoms with Crippen LogP contribution in [0.25, 0.3) is 0 Å². The number of rotatable bonds is 6. The summed E-state index contributed by atoms with van der Waals surface area (Å²) >= 11 is 3.69. The topological polar surface area (TPSA) is 47.0 Å². The largest absolute Gasteiger partial charge is 0.373 e. The molecule has 1 atom stereocenters. The van der Waals surface area contributed by atoms with Crippen LogP contribution in [0.4, 0.5) is 5.82 Å². The van der Waals surface area contributed by atoms with Gasteiger partial charge < -0.3 is 10.1 Å². The molecule has 1 saturated carbocycles. The van der Waals surface area contributed by atoms with Gasteiger partial charge in [-0.3, -0.25) is 0 Å². The lowest BCUT2D eigenvalue weighted by molar-refractivity contribution is 0.0924. The van der Waals surface area contributed by atoms with Crippen LogP contribution in [-0.2, 0) is 4.74 Å². The first-order valence-corrected chi connectivity index (χ1v) is 8.34. The molecule has 1 unspecified atom stereocenters. The molecule has 0 bridgehead atoms. The van der Waals surface area contributed by atoms with Crippen LogP contribution >= 0.6 is 15.9 Å². The smallest absolute Gasteiger partial charge is 0.159 e. The number of methoxy groups -OCH3 is 1. The summed E-state index contributed by atoms with van der Waals surface area (Å²) in [6, 6.07) is 0. The van der Waals surface area contributed by atoms with Gasteiger partial charge in [0.2, 0.25) is 0 Å². The van der Waals surface area contributed by atoms with E-state index in [1.54, 1.807) is 7.11 Å². The van der Waals surface area contributed by atoms with Crippen molar-refractivity contribution in [2.24, 2.45) is 0 Å². The molecule has 4 nitrogen and oxygen atoms in total. The molecule has 1 N–H and O–H groups in total. The van der Waals surface area contributed by atoms with Gasteiger partial charge in [0.05, 0.1) is 10.2 Å². The molecular weight excluding hydrogens is 318 g/mol. The fraction of sp³-hybridized carbons (Fsp3) is 0.733. The Kier molecular flexibility index (Phi) is 5.78. The van der Waals surface area contributed by atoms with Gasteiger partial charge in [0.25, 0.3) is 0 Å². The third-order valence-electron chi connectivity index (χ3n) is 3.92. The minimum atomic E-state index is -0.0272. The first-order valence-electron chi connectivity index (χ1n) is 7.55. The van der Waals surface area contributed by atoms with Gasteiger partial charge in [0.15, 0.2) is 5.82 Å². The van der Waals surface area contributed by atoms with Gasteiger partial charge in [-0.2, -0.15) is 0 Å². The Bertz CT molecular complexity index is 443. The van der Waals surface area contributed by atoms with Crippen LogP contribution < -0.4 is 5.32 Å². The molecule has 112 valence electrons. The predicted molar refractivity (Wildman–Crippen MR) is 85.1 cm³/mol. The highest BCUT2D eigenvalue weighted by Crippen LogP contribution is 2.39. The molecule has 1 aromatic heterocycles. The summed E-state index contributed by atoms with van der Waals surface area (Å²) in [5.41, 5.74) is 1.15. The standard InChI is InChI=1S/C15H24BrN3O/c1-4-11(20-3)14-18-13(10-8-6-7-9-10)12(16)15(19-14)17-5-2/h10-11H,4-9H2,1-3H3,(H,17,18,19). The number of aromatic nitrogens is 2. The van der Waals surface area contributed by atoms with Crippen molar-refractivity contribution in [3.05, 3.63) is 16.0 Å². The Labute approximate surface area is 129 Å². The van der Waals surface area contributed by atoms with E-state index in [9.17, 15) is 0 Å². The van der Waals surface area contributed by atoms with Crippen molar-refractivity contribution in [2.75, 3.05) is 19.0 Å². The average molecular weight is 342 g/mol. The minimum Gasteiger partial charge on any atom is -0.373 e. The third kappa shape index (κ3) is 3.31. The molecule has 0 radical (unpaired) electrons. The Morgan fingerprint density at radius 2 is 2.00 bits per heavy atom. The van der Waals surface area contributed by atoms with Crippen molar-refractivity contribution in [1.82, 2.24) is 9.97 Å². The normalized spacial score (nSPS) is 17.4. The maximum absolute atomic E-state index is 5.51. The number of hydrogen-bond acceptors (Lipinski definition) is 4. The van der Waals surface area contributed by atoms with E-state index in [1.807, 2.05) is 0 Å². The summed E-state index contributed by atoms with van der Waals surface area (Å²) in [6.45, 7) is 5.03. The highest BCUT2D eigenvalue weighted by molar-refractivity contribution is 9.10. The van der Waals surface area contributed by atoms with Crippen LogP contribution in [0.2, 0.25) is 0 Å². The Morgan fingerprint density at radius 1 is 1.30 bits per heavy atom. The van der Waals surface area contributed by atoms with Crippen molar-refractivity contribution in [2.45, 2.75) is 58.0 Å². The van der Waals surface area contributed by atoms with Gasteiger partial charge in [-0.25, -0.2) is 9.97 Å². The molecule has 5 heteroatoms. The zero-order valence-electron chi connectivity index (χ0n) is 12.6. The van der Waals surface area contributed by atoms with Crippen LogP contribution in [0.3, 0.4) is 0 Å². The highest BCUT2D eigenvalue weighted by atomic mass is 79.9. The summed E-state index contributed by atoms with van der Waals surface area (Å²) in [5.74, 6) is 2.25. The van der Waals surface area contributed by atoms with Crippen LogP contribution in [0.15, 0.2) is 4.47 Å². The van der Waals surface area contributed by atoms with E-state index in [0.29, 0.717) is 5.92 Å². The first-order chi connectivity index (χ1) is 9.71. The van der Waals surface area contributed by atoms with Crippen molar-refractivity contribution in [1.29, 1.82) is 0 Å². The Morgan fingerprint density at radius 3 is 2.55 bits per heavy atom. The Balaban J connectivity index is 2.42. The van der Waals surface area contributed by atoms with E-state index in [-0.39, 0.29) is 6.10 Å². The lowest BCUT2D eigenvalue weighted by Crippen LogP contribution is -2.13. The van der Waals surface area contributed by atoms with Crippen molar-refractivity contribution in [3.8, 4) is 0 Å². The van der Waals surface area contributed by atoms with Crippen LogP contribution in [0, 0.1) is 0 Å². The van der Waals surface area contributed by atoms with Gasteiger partial charge in [0.1, 0.15) is 11.9 Å². The second kappa shape index (κ2) is 7.36. The fourth-order valence-electron chi connectivity index (χ4n) is 2.84. The molecule has 0 amide bonds. The molecule has 0 saturated heterocycles. The molecule has 1 aromatic rings. The third-order valence-corrected chi connectivity index (χ3v) is 4.71. The van der Waals surface area contributed by atoms with Gasteiger partial charge in [-0.1, -0.05) is 19.8 Å². The second-order valence-electron chi connectivity index (χ2n) is 5.27. The van der Waals surface area contributed by atoms with Gasteiger partial charge in [-0.05, 0) is 42.1 Å². The summed E-state index contributed by atoms with van der Waals surface area (Å²) < 4.78 is 6.54. The molecule has 0 aromatic carbocycles. The van der Waals surface area contributed by atoms with E-state index in [0.717, 1.165) is 34.8 Å². The number of nitrogens with one attached hydrogen (secondary N) is 1. The molecule has 0 spiro atoms. The van der Waals surface area contributed by atoms with Crippen LogP contribution in [0.1, 0.15) is 69.5 Å². The van der Waals surface area contributed by atoms with Gasteiger partial charge in [-0.15, -0.1) is 0 Å². The van der Waals surface area contributed by atoms with E-state index >= 15 is 0 Å². The lowest BCUT2D eigenvalue weighted by atomic mass is 10.0. The Hall–Kier alpha value is -0.680. The molecule has 1 fully saturated rings.